The summed E-state index contributed by atoms with van der Waals surface area (Å²) in [4.78, 5) is 21.7. The van der Waals surface area contributed by atoms with Crippen molar-refractivity contribution in [2.24, 2.45) is 0 Å². The third-order valence-electron chi connectivity index (χ3n) is 4.35. The Hall–Kier alpha value is -1.16. The lowest BCUT2D eigenvalue weighted by Gasteiger charge is -2.16. The van der Waals surface area contributed by atoms with Gasteiger partial charge in [0.25, 0.3) is 0 Å². The first kappa shape index (κ1) is 35.8. The average molecular weight is 556 g/mol. The molecule has 0 saturated heterocycles. The van der Waals surface area contributed by atoms with Crippen LogP contribution in [0, 0.1) is 0 Å². The molecule has 2 N–H and O–H groups in total. The Morgan fingerprint density at radius 1 is 0.568 bits per heavy atom. The molecule has 0 heterocycles. The summed E-state index contributed by atoms with van der Waals surface area (Å²) in [5.74, 6) is -1.24. The molecule has 0 saturated carbocycles. The van der Waals surface area contributed by atoms with Crippen LogP contribution < -0.4 is 5.32 Å². The molecule has 0 aliphatic heterocycles. The summed E-state index contributed by atoms with van der Waals surface area (Å²) in [7, 11) is -1.45. The van der Waals surface area contributed by atoms with Gasteiger partial charge >= 0.3 is 5.97 Å². The molecule has 12 nitrogen and oxygen atoms in total. The summed E-state index contributed by atoms with van der Waals surface area (Å²) in [6, 6.07) is 0. The van der Waals surface area contributed by atoms with Crippen molar-refractivity contribution in [1.82, 2.24) is 5.32 Å². The Kier molecular flexibility index (Phi) is 25.6. The zero-order valence-electron chi connectivity index (χ0n) is 23.0. The summed E-state index contributed by atoms with van der Waals surface area (Å²) in [6.07, 6.45) is 0.497. The second-order valence-corrected chi connectivity index (χ2v) is 13.4. The molecule has 0 rings (SSSR count). The number of carbonyl (C=O) groups excluding carboxylic acids is 1. The molecule has 0 bridgehead atoms. The van der Waals surface area contributed by atoms with E-state index in [9.17, 15) is 9.59 Å². The lowest BCUT2D eigenvalue weighted by molar-refractivity contribution is -0.138. The predicted octanol–water partition coefficient (Wildman–Crippen LogP) is 1.33. The van der Waals surface area contributed by atoms with Crippen LogP contribution in [0.1, 0.15) is 19.3 Å². The predicted molar refractivity (Wildman–Crippen MR) is 140 cm³/mol. The molecule has 0 atom stereocenters. The van der Waals surface area contributed by atoms with Crippen molar-refractivity contribution in [2.75, 3.05) is 106 Å². The summed E-state index contributed by atoms with van der Waals surface area (Å²) in [5, 5.41) is 11.2. The van der Waals surface area contributed by atoms with Crippen LogP contribution in [-0.2, 0) is 47.2 Å². The number of nitrogens with one attached hydrogen (secondary N) is 1. The molecule has 0 aromatic carbocycles. The van der Waals surface area contributed by atoms with E-state index >= 15 is 0 Å². The average Bonchev–Trinajstić information content (AvgIpc) is 2.84. The van der Waals surface area contributed by atoms with Crippen molar-refractivity contribution in [3.05, 3.63) is 0 Å². The zero-order valence-corrected chi connectivity index (χ0v) is 24.0. The first-order valence-electron chi connectivity index (χ1n) is 13.0. The molecule has 0 unspecified atom stereocenters. The fourth-order valence-electron chi connectivity index (χ4n) is 2.54. The molecule has 13 heteroatoms. The monoisotopic (exact) mass is 555 g/mol. The fraction of sp³-hybridized carbons (Fsp3) is 0.917. The van der Waals surface area contributed by atoms with E-state index in [1.807, 2.05) is 0 Å². The minimum absolute atomic E-state index is 0.00400. The highest BCUT2D eigenvalue weighted by atomic mass is 28.4. The number of amides is 1. The summed E-state index contributed by atoms with van der Waals surface area (Å²) < 4.78 is 43.7. The van der Waals surface area contributed by atoms with Gasteiger partial charge in [0.2, 0.25) is 5.91 Å². The second-order valence-electron chi connectivity index (χ2n) is 8.84. The van der Waals surface area contributed by atoms with E-state index < -0.39 is 14.3 Å². The maximum Gasteiger partial charge on any atom is 0.303 e. The highest BCUT2D eigenvalue weighted by Crippen LogP contribution is 2.01. The number of carboxylic acids is 1. The normalized spacial score (nSPS) is 11.6. The summed E-state index contributed by atoms with van der Waals surface area (Å²) in [5.41, 5.74) is 0. The van der Waals surface area contributed by atoms with Crippen molar-refractivity contribution >= 4 is 20.2 Å². The number of rotatable bonds is 29. The van der Waals surface area contributed by atoms with Crippen molar-refractivity contribution in [1.29, 1.82) is 0 Å². The van der Waals surface area contributed by atoms with Crippen LogP contribution in [0.4, 0.5) is 0 Å². The van der Waals surface area contributed by atoms with Gasteiger partial charge in [-0.15, -0.1) is 0 Å². The van der Waals surface area contributed by atoms with Crippen LogP contribution in [0.25, 0.3) is 0 Å². The van der Waals surface area contributed by atoms with Crippen LogP contribution in [0.15, 0.2) is 0 Å². The molecule has 1 amide bonds. The van der Waals surface area contributed by atoms with Crippen LogP contribution in [-0.4, -0.2) is 131 Å². The number of hydrogen-bond acceptors (Lipinski definition) is 10. The Bertz CT molecular complexity index is 535. The maximum atomic E-state index is 11.3. The van der Waals surface area contributed by atoms with E-state index in [0.29, 0.717) is 112 Å². The van der Waals surface area contributed by atoms with Crippen molar-refractivity contribution in [2.45, 2.75) is 38.9 Å². The van der Waals surface area contributed by atoms with Crippen molar-refractivity contribution in [3.63, 3.8) is 0 Å². The minimum Gasteiger partial charge on any atom is -0.481 e. The molecule has 0 aliphatic carbocycles. The Morgan fingerprint density at radius 2 is 0.919 bits per heavy atom. The van der Waals surface area contributed by atoms with E-state index in [-0.39, 0.29) is 18.7 Å². The smallest absolute Gasteiger partial charge is 0.303 e. The first-order valence-corrected chi connectivity index (χ1v) is 16.4. The quantitative estimate of drug-likeness (QED) is 0.102. The van der Waals surface area contributed by atoms with Gasteiger partial charge in [0.1, 0.15) is 0 Å². The highest BCUT2D eigenvalue weighted by molar-refractivity contribution is 6.69. The van der Waals surface area contributed by atoms with Crippen LogP contribution >= 0.6 is 0 Å². The molecule has 0 radical (unpaired) electrons. The molecular formula is C24H49NO11Si. The Morgan fingerprint density at radius 3 is 1.27 bits per heavy atom. The van der Waals surface area contributed by atoms with Gasteiger partial charge in [-0.05, 0) is 26.1 Å². The molecule has 0 fully saturated rings. The van der Waals surface area contributed by atoms with Gasteiger partial charge in [-0.3, -0.25) is 9.59 Å². The van der Waals surface area contributed by atoms with Crippen LogP contribution in [0.5, 0.6) is 0 Å². The summed E-state index contributed by atoms with van der Waals surface area (Å²) in [6.45, 7) is 14.7. The molecule has 37 heavy (non-hydrogen) atoms. The topological polar surface area (TPSA) is 140 Å². The maximum absolute atomic E-state index is 11.3. The fourth-order valence-corrected chi connectivity index (χ4v) is 3.23. The molecule has 220 valence electrons. The van der Waals surface area contributed by atoms with E-state index in [1.165, 1.54) is 0 Å². The molecule has 0 aromatic heterocycles. The van der Waals surface area contributed by atoms with Gasteiger partial charge in [0, 0.05) is 19.6 Å². The lowest BCUT2D eigenvalue weighted by Crippen LogP contribution is -2.27. The number of ether oxygens (including phenoxy) is 7. The Balaban J connectivity index is 3.11. The third kappa shape index (κ3) is 32.8. The number of hydrogen-bond donors (Lipinski definition) is 2. The van der Waals surface area contributed by atoms with Gasteiger partial charge in [0.15, 0.2) is 8.32 Å². The summed E-state index contributed by atoms with van der Waals surface area (Å²) >= 11 is 0. The molecule has 0 aliphatic rings. The van der Waals surface area contributed by atoms with Gasteiger partial charge in [-0.25, -0.2) is 0 Å². The molecule has 0 aromatic rings. The van der Waals surface area contributed by atoms with Crippen molar-refractivity contribution in [3.8, 4) is 0 Å². The van der Waals surface area contributed by atoms with Crippen LogP contribution in [0.3, 0.4) is 0 Å². The third-order valence-corrected chi connectivity index (χ3v) is 5.42. The lowest BCUT2D eigenvalue weighted by atomic mass is 10.3. The molecular weight excluding hydrogens is 506 g/mol. The van der Waals surface area contributed by atoms with E-state index in [4.69, 9.17) is 42.7 Å². The van der Waals surface area contributed by atoms with E-state index in [0.717, 1.165) is 0 Å². The van der Waals surface area contributed by atoms with Gasteiger partial charge in [0.05, 0.1) is 98.9 Å². The van der Waals surface area contributed by atoms with Gasteiger partial charge in [-0.1, -0.05) is 0 Å². The van der Waals surface area contributed by atoms with Crippen molar-refractivity contribution < 1.29 is 52.3 Å². The zero-order chi connectivity index (χ0) is 27.5. The van der Waals surface area contributed by atoms with Gasteiger partial charge < -0.3 is 48.0 Å². The largest absolute Gasteiger partial charge is 0.481 e. The second kappa shape index (κ2) is 26.4. The first-order chi connectivity index (χ1) is 17.8. The van der Waals surface area contributed by atoms with Crippen LogP contribution in [0.2, 0.25) is 19.6 Å². The van der Waals surface area contributed by atoms with E-state index in [1.54, 1.807) is 0 Å². The van der Waals surface area contributed by atoms with Gasteiger partial charge in [-0.2, -0.15) is 0 Å². The number of aliphatic carboxylic acids is 1. The standard InChI is InChI=1S/C24H49NO11Si/c1-37(2,3)36-22-21-35-20-19-34-18-17-33-16-15-32-14-13-31-12-11-30-10-9-29-8-4-7-25-23(26)5-6-24(27)28/h4-22H2,1-3H3,(H,25,26)(H,27,28). The van der Waals surface area contributed by atoms with E-state index in [2.05, 4.69) is 25.0 Å². The minimum atomic E-state index is -1.45. The number of carboxylic acid groups (broad SMARTS) is 1. The Labute approximate surface area is 222 Å². The number of carbonyl (C=O) groups is 2. The SMILES string of the molecule is C[Si](C)(C)OCCOCCOCCOCCOCCOCCOCCOCCCNC(=O)CCC(=O)O. The highest BCUT2D eigenvalue weighted by Gasteiger charge is 2.13. The molecule has 0 spiro atoms.